The molecule has 0 radical (unpaired) electrons. The molecule has 1 unspecified atom stereocenters. The molecule has 1 atom stereocenters. The highest BCUT2D eigenvalue weighted by molar-refractivity contribution is 5.75. The van der Waals surface area contributed by atoms with Gasteiger partial charge in [0, 0.05) is 13.0 Å². The summed E-state index contributed by atoms with van der Waals surface area (Å²) in [5.41, 5.74) is 0. The number of amides is 1. The van der Waals surface area contributed by atoms with Crippen molar-refractivity contribution in [2.75, 3.05) is 6.54 Å². The molecule has 0 aromatic rings. The van der Waals surface area contributed by atoms with E-state index in [1.165, 1.54) is 135 Å². The number of hydrogen-bond donors (Lipinski definition) is 2. The van der Waals surface area contributed by atoms with Crippen LogP contribution >= 0.6 is 0 Å². The predicted molar refractivity (Wildman–Crippen MR) is 173 cm³/mol. The lowest BCUT2D eigenvalue weighted by atomic mass is 10.0. The fourth-order valence-corrected chi connectivity index (χ4v) is 5.36. The van der Waals surface area contributed by atoms with Gasteiger partial charge in [0.1, 0.15) is 0 Å². The van der Waals surface area contributed by atoms with Gasteiger partial charge in [-0.05, 0) is 38.5 Å². The van der Waals surface area contributed by atoms with Crippen molar-refractivity contribution >= 4 is 5.91 Å². The minimum atomic E-state index is -0.159. The second kappa shape index (κ2) is 33.4. The van der Waals surface area contributed by atoms with Crippen molar-refractivity contribution in [1.82, 2.24) is 5.32 Å². The van der Waals surface area contributed by atoms with E-state index in [4.69, 9.17) is 0 Å². The van der Waals surface area contributed by atoms with Gasteiger partial charge in [-0.25, -0.2) is 0 Å². The first-order valence-corrected chi connectivity index (χ1v) is 17.8. The molecule has 3 heteroatoms. The summed E-state index contributed by atoms with van der Waals surface area (Å²) in [7, 11) is 0. The van der Waals surface area contributed by atoms with E-state index in [0.29, 0.717) is 6.42 Å². The van der Waals surface area contributed by atoms with Gasteiger partial charge >= 0.3 is 0 Å². The molecule has 39 heavy (non-hydrogen) atoms. The van der Waals surface area contributed by atoms with Crippen molar-refractivity contribution in [3.63, 3.8) is 0 Å². The van der Waals surface area contributed by atoms with Crippen molar-refractivity contribution in [1.29, 1.82) is 0 Å². The Bertz CT molecular complexity index is 504. The third-order valence-electron chi connectivity index (χ3n) is 8.09. The number of unbranched alkanes of at least 4 members (excludes halogenated alkanes) is 23. The molecular formula is C36H71NO2. The Labute approximate surface area is 245 Å². The summed E-state index contributed by atoms with van der Waals surface area (Å²) in [6, 6.07) is 0. The third kappa shape index (κ3) is 33.3. The summed E-state index contributed by atoms with van der Waals surface area (Å²) in [6.45, 7) is 5.37. The van der Waals surface area contributed by atoms with E-state index >= 15 is 0 Å². The average Bonchev–Trinajstić information content (AvgIpc) is 2.93. The van der Waals surface area contributed by atoms with E-state index in [1.807, 2.05) is 0 Å². The molecule has 0 rings (SSSR count). The van der Waals surface area contributed by atoms with Crippen LogP contribution in [0.2, 0.25) is 0 Å². The molecule has 0 aromatic heterocycles. The molecule has 232 valence electrons. The lowest BCUT2D eigenvalue weighted by molar-refractivity contribution is -0.121. The number of aliphatic hydroxyl groups excluding tert-OH is 1. The van der Waals surface area contributed by atoms with Crippen molar-refractivity contribution < 1.29 is 9.90 Å². The molecule has 0 bridgehead atoms. The Hall–Kier alpha value is -0.830. The molecule has 0 fully saturated rings. The Morgan fingerprint density at radius 3 is 1.54 bits per heavy atom. The summed E-state index contributed by atoms with van der Waals surface area (Å²) < 4.78 is 0. The van der Waals surface area contributed by atoms with Gasteiger partial charge < -0.3 is 10.4 Å². The second-order valence-corrected chi connectivity index (χ2v) is 12.2. The lowest BCUT2D eigenvalue weighted by Crippen LogP contribution is -2.23. The standard InChI is InChI=1S/C36H71NO2/c1-3-5-7-9-10-11-12-13-14-15-16-17-20-23-26-30-34-37-36(39)33-29-25-22-19-18-21-24-28-32-35(38)31-27-8-6-4-2/h24,28,35,38H,3-23,25-27,29-34H2,1-2H3,(H,37,39). The van der Waals surface area contributed by atoms with Crippen LogP contribution in [0, 0.1) is 0 Å². The van der Waals surface area contributed by atoms with Gasteiger partial charge in [-0.1, -0.05) is 167 Å². The number of allylic oxidation sites excluding steroid dienone is 1. The molecule has 2 N–H and O–H groups in total. The zero-order chi connectivity index (χ0) is 28.5. The van der Waals surface area contributed by atoms with Crippen LogP contribution in [0.15, 0.2) is 12.2 Å². The highest BCUT2D eigenvalue weighted by atomic mass is 16.3. The van der Waals surface area contributed by atoms with E-state index < -0.39 is 0 Å². The molecule has 1 amide bonds. The molecule has 0 spiro atoms. The van der Waals surface area contributed by atoms with Gasteiger partial charge in [0.25, 0.3) is 0 Å². The quantitative estimate of drug-likeness (QED) is 0.0647. The second-order valence-electron chi connectivity index (χ2n) is 12.2. The zero-order valence-electron chi connectivity index (χ0n) is 26.8. The maximum Gasteiger partial charge on any atom is 0.219 e. The third-order valence-corrected chi connectivity index (χ3v) is 8.09. The summed E-state index contributed by atoms with van der Waals surface area (Å²) in [5.74, 6) is 0.243. The Kier molecular flexibility index (Phi) is 32.7. The SMILES string of the molecule is CCCCCCCCCCCCCCCCCCNC(=O)CCCCCCCC=CCC(O)CCCCCC. The van der Waals surface area contributed by atoms with Gasteiger partial charge in [0.05, 0.1) is 6.10 Å². The van der Waals surface area contributed by atoms with E-state index in [1.54, 1.807) is 0 Å². The Morgan fingerprint density at radius 1 is 0.564 bits per heavy atom. The lowest BCUT2D eigenvalue weighted by Gasteiger charge is -2.07. The molecule has 0 saturated carbocycles. The average molecular weight is 550 g/mol. The van der Waals surface area contributed by atoms with E-state index in [2.05, 4.69) is 31.3 Å². The van der Waals surface area contributed by atoms with Crippen LogP contribution in [-0.4, -0.2) is 23.7 Å². The van der Waals surface area contributed by atoms with Gasteiger partial charge in [-0.2, -0.15) is 0 Å². The van der Waals surface area contributed by atoms with Crippen molar-refractivity contribution in [3.8, 4) is 0 Å². The largest absolute Gasteiger partial charge is 0.393 e. The number of hydrogen-bond acceptors (Lipinski definition) is 2. The zero-order valence-corrected chi connectivity index (χ0v) is 26.8. The first-order valence-electron chi connectivity index (χ1n) is 17.8. The molecule has 0 saturated heterocycles. The maximum absolute atomic E-state index is 12.0. The highest BCUT2D eigenvalue weighted by Crippen LogP contribution is 2.14. The van der Waals surface area contributed by atoms with Gasteiger partial charge in [-0.15, -0.1) is 0 Å². The Balaban J connectivity index is 3.25. The van der Waals surface area contributed by atoms with Gasteiger partial charge in [0.2, 0.25) is 5.91 Å². The fourth-order valence-electron chi connectivity index (χ4n) is 5.36. The van der Waals surface area contributed by atoms with Crippen LogP contribution in [0.25, 0.3) is 0 Å². The topological polar surface area (TPSA) is 49.3 Å². The minimum Gasteiger partial charge on any atom is -0.393 e. The number of aliphatic hydroxyl groups is 1. The molecule has 3 nitrogen and oxygen atoms in total. The predicted octanol–water partition coefficient (Wildman–Crippen LogP) is 11.4. The monoisotopic (exact) mass is 550 g/mol. The van der Waals surface area contributed by atoms with Gasteiger partial charge in [0.15, 0.2) is 0 Å². The van der Waals surface area contributed by atoms with Crippen LogP contribution in [0.1, 0.15) is 200 Å². The first-order chi connectivity index (χ1) is 19.2. The first kappa shape index (κ1) is 38.2. The molecule has 0 aliphatic heterocycles. The molecule has 0 heterocycles. The number of rotatable bonds is 32. The molecule has 0 aliphatic rings. The summed E-state index contributed by atoms with van der Waals surface area (Å²) >= 11 is 0. The molecular weight excluding hydrogens is 478 g/mol. The maximum atomic E-state index is 12.0. The Morgan fingerprint density at radius 2 is 1.00 bits per heavy atom. The van der Waals surface area contributed by atoms with Crippen molar-refractivity contribution in [2.45, 2.75) is 206 Å². The smallest absolute Gasteiger partial charge is 0.219 e. The number of carbonyl (C=O) groups is 1. The van der Waals surface area contributed by atoms with E-state index in [0.717, 1.165) is 51.5 Å². The highest BCUT2D eigenvalue weighted by Gasteiger charge is 2.02. The molecule has 0 aliphatic carbocycles. The number of carbonyl (C=O) groups excluding carboxylic acids is 1. The van der Waals surface area contributed by atoms with Gasteiger partial charge in [-0.3, -0.25) is 4.79 Å². The van der Waals surface area contributed by atoms with E-state index in [-0.39, 0.29) is 12.0 Å². The minimum absolute atomic E-state index is 0.159. The normalized spacial score (nSPS) is 12.4. The van der Waals surface area contributed by atoms with Crippen molar-refractivity contribution in [3.05, 3.63) is 12.2 Å². The molecule has 0 aromatic carbocycles. The summed E-state index contributed by atoms with van der Waals surface area (Å²) in [5, 5.41) is 13.1. The van der Waals surface area contributed by atoms with Crippen LogP contribution in [-0.2, 0) is 4.79 Å². The van der Waals surface area contributed by atoms with Crippen LogP contribution in [0.5, 0.6) is 0 Å². The summed E-state index contributed by atoms with van der Waals surface area (Å²) in [6.07, 6.45) is 40.8. The van der Waals surface area contributed by atoms with E-state index in [9.17, 15) is 9.90 Å². The van der Waals surface area contributed by atoms with Crippen molar-refractivity contribution in [2.24, 2.45) is 0 Å². The van der Waals surface area contributed by atoms with Crippen LogP contribution < -0.4 is 5.32 Å². The van der Waals surface area contributed by atoms with Crippen LogP contribution in [0.3, 0.4) is 0 Å². The number of nitrogens with one attached hydrogen (secondary N) is 1. The summed E-state index contributed by atoms with van der Waals surface area (Å²) in [4.78, 5) is 12.0. The fraction of sp³-hybridized carbons (Fsp3) is 0.917. The van der Waals surface area contributed by atoms with Crippen LogP contribution in [0.4, 0.5) is 0 Å².